The van der Waals surface area contributed by atoms with Gasteiger partial charge in [0.15, 0.2) is 5.03 Å². The number of amides is 2. The first-order valence-electron chi connectivity index (χ1n) is 3.45. The Hall–Kier alpha value is -0.750. The molecule has 0 heterocycles. The van der Waals surface area contributed by atoms with Crippen molar-refractivity contribution in [1.29, 1.82) is 0 Å². The topological polar surface area (TPSA) is 75.5 Å². The van der Waals surface area contributed by atoms with E-state index in [1.807, 2.05) is 0 Å². The Balaban J connectivity index is 4.03. The molecular formula is C5H9Cl2N3O3. The van der Waals surface area contributed by atoms with Crippen LogP contribution in [0.3, 0.4) is 0 Å². The van der Waals surface area contributed by atoms with Crippen LogP contribution in [-0.2, 0) is 0 Å². The van der Waals surface area contributed by atoms with Gasteiger partial charge in [-0.3, -0.25) is 0 Å². The Morgan fingerprint density at radius 2 is 2.08 bits per heavy atom. The van der Waals surface area contributed by atoms with Gasteiger partial charge in [0.2, 0.25) is 0 Å². The minimum atomic E-state index is -0.814. The van der Waals surface area contributed by atoms with Crippen LogP contribution >= 0.6 is 23.2 Å². The van der Waals surface area contributed by atoms with E-state index in [-0.39, 0.29) is 24.8 Å². The average molecular weight is 230 g/mol. The molecule has 0 aliphatic carbocycles. The number of alkyl halides is 2. The monoisotopic (exact) mass is 229 g/mol. The molecule has 0 aliphatic heterocycles. The van der Waals surface area contributed by atoms with E-state index < -0.39 is 11.1 Å². The summed E-state index contributed by atoms with van der Waals surface area (Å²) in [4.78, 5) is 21.3. The van der Waals surface area contributed by atoms with Gasteiger partial charge in [0.1, 0.15) is 6.54 Å². The van der Waals surface area contributed by atoms with E-state index in [1.54, 1.807) is 0 Å². The second-order valence-corrected chi connectivity index (χ2v) is 2.73. The smallest absolute Gasteiger partial charge is 0.332 e. The fourth-order valence-electron chi connectivity index (χ4n) is 0.583. The number of halogens is 2. The Morgan fingerprint density at radius 1 is 1.46 bits per heavy atom. The summed E-state index contributed by atoms with van der Waals surface area (Å²) in [6.07, 6.45) is 0. The van der Waals surface area contributed by atoms with Gasteiger partial charge in [-0.05, 0) is 5.01 Å². The Labute approximate surface area is 84.9 Å². The second-order valence-electron chi connectivity index (χ2n) is 1.97. The lowest BCUT2D eigenvalue weighted by Gasteiger charge is -2.10. The number of hydrazine groups is 1. The van der Waals surface area contributed by atoms with Gasteiger partial charge < -0.3 is 5.32 Å². The van der Waals surface area contributed by atoms with E-state index in [0.717, 1.165) is 0 Å². The molecule has 2 amide bonds. The highest BCUT2D eigenvalue weighted by Gasteiger charge is 2.22. The molecule has 0 unspecified atom stereocenters. The van der Waals surface area contributed by atoms with Crippen LogP contribution < -0.4 is 5.32 Å². The second kappa shape index (κ2) is 6.73. The van der Waals surface area contributed by atoms with Crippen molar-refractivity contribution in [3.05, 3.63) is 10.1 Å². The number of nitrogens with one attached hydrogen (secondary N) is 1. The number of hydrogen-bond donors (Lipinski definition) is 1. The van der Waals surface area contributed by atoms with Crippen molar-refractivity contribution in [2.75, 3.05) is 24.8 Å². The summed E-state index contributed by atoms with van der Waals surface area (Å²) >= 11 is 10.5. The highest BCUT2D eigenvalue weighted by molar-refractivity contribution is 6.18. The molecular weight excluding hydrogens is 221 g/mol. The first-order chi connectivity index (χ1) is 6.13. The normalized spacial score (nSPS) is 9.38. The van der Waals surface area contributed by atoms with Crippen LogP contribution in [0.4, 0.5) is 4.79 Å². The summed E-state index contributed by atoms with van der Waals surface area (Å²) in [7, 11) is 0. The standard InChI is InChI=1S/C5H9Cl2N3O3/c6-1-3-8-5(11)9(4-2-7)10(12)13/h1-4H2,(H,8,11). The van der Waals surface area contributed by atoms with Gasteiger partial charge in [-0.1, -0.05) is 0 Å². The molecule has 0 aromatic carbocycles. The Bertz CT molecular complexity index is 190. The van der Waals surface area contributed by atoms with E-state index in [4.69, 9.17) is 23.2 Å². The predicted molar refractivity (Wildman–Crippen MR) is 48.5 cm³/mol. The molecule has 0 bridgehead atoms. The number of rotatable bonds is 5. The fourth-order valence-corrected chi connectivity index (χ4v) is 0.837. The summed E-state index contributed by atoms with van der Waals surface area (Å²) in [6, 6.07) is -0.800. The molecule has 0 saturated heterocycles. The lowest BCUT2D eigenvalue weighted by Crippen LogP contribution is -2.45. The molecule has 8 heteroatoms. The first-order valence-corrected chi connectivity index (χ1v) is 4.52. The van der Waals surface area contributed by atoms with Crippen molar-refractivity contribution < 1.29 is 9.83 Å². The van der Waals surface area contributed by atoms with Gasteiger partial charge in [-0.2, -0.15) is 0 Å². The third-order valence-corrected chi connectivity index (χ3v) is 1.46. The van der Waals surface area contributed by atoms with Crippen molar-refractivity contribution in [1.82, 2.24) is 10.3 Å². The summed E-state index contributed by atoms with van der Waals surface area (Å²) in [5.41, 5.74) is 0. The molecule has 0 aromatic rings. The molecule has 0 radical (unpaired) electrons. The van der Waals surface area contributed by atoms with Crippen LogP contribution in [-0.4, -0.2) is 40.9 Å². The Kier molecular flexibility index (Phi) is 6.34. The fraction of sp³-hybridized carbons (Fsp3) is 0.800. The van der Waals surface area contributed by atoms with Crippen molar-refractivity contribution in [2.45, 2.75) is 0 Å². The van der Waals surface area contributed by atoms with E-state index in [2.05, 4.69) is 5.32 Å². The van der Waals surface area contributed by atoms with Crippen LogP contribution in [0.2, 0.25) is 0 Å². The van der Waals surface area contributed by atoms with Gasteiger partial charge in [0, 0.05) is 18.3 Å². The summed E-state index contributed by atoms with van der Waals surface area (Å²) < 4.78 is 0. The predicted octanol–water partition coefficient (Wildman–Crippen LogP) is 0.667. The maximum Gasteiger partial charge on any atom is 0.375 e. The van der Waals surface area contributed by atoms with Crippen LogP contribution in [0.5, 0.6) is 0 Å². The van der Waals surface area contributed by atoms with E-state index >= 15 is 0 Å². The van der Waals surface area contributed by atoms with E-state index in [1.165, 1.54) is 0 Å². The molecule has 13 heavy (non-hydrogen) atoms. The summed E-state index contributed by atoms with van der Waals surface area (Å²) in [5.74, 6) is 0.216. The lowest BCUT2D eigenvalue weighted by atomic mass is 10.6. The van der Waals surface area contributed by atoms with Gasteiger partial charge >= 0.3 is 6.03 Å². The number of urea groups is 1. The van der Waals surface area contributed by atoms with Crippen LogP contribution in [0.15, 0.2) is 0 Å². The average Bonchev–Trinajstić information content (AvgIpc) is 2.09. The third kappa shape index (κ3) is 4.74. The number of hydrogen-bond acceptors (Lipinski definition) is 3. The van der Waals surface area contributed by atoms with Crippen LogP contribution in [0.25, 0.3) is 0 Å². The zero-order chi connectivity index (χ0) is 10.3. The maximum atomic E-state index is 11.0. The number of carbonyl (C=O) groups is 1. The molecule has 0 saturated carbocycles. The van der Waals surface area contributed by atoms with E-state index in [0.29, 0.717) is 5.01 Å². The van der Waals surface area contributed by atoms with Crippen molar-refractivity contribution in [3.63, 3.8) is 0 Å². The first kappa shape index (κ1) is 12.2. The molecule has 6 nitrogen and oxygen atoms in total. The van der Waals surface area contributed by atoms with Crippen molar-refractivity contribution in [2.24, 2.45) is 0 Å². The molecule has 76 valence electrons. The van der Waals surface area contributed by atoms with Gasteiger partial charge in [-0.15, -0.1) is 23.2 Å². The highest BCUT2D eigenvalue weighted by atomic mass is 35.5. The zero-order valence-corrected chi connectivity index (χ0v) is 8.22. The largest absolute Gasteiger partial charge is 0.375 e. The molecule has 0 atom stereocenters. The van der Waals surface area contributed by atoms with Crippen LogP contribution in [0, 0.1) is 10.1 Å². The molecule has 0 spiro atoms. The number of nitro groups is 1. The van der Waals surface area contributed by atoms with Gasteiger partial charge in [0.05, 0.1) is 0 Å². The van der Waals surface area contributed by atoms with Crippen molar-refractivity contribution in [3.8, 4) is 0 Å². The maximum absolute atomic E-state index is 11.0. The SMILES string of the molecule is O=C(NCCCl)N(CCCl)[N+](=O)[O-]. The number of carbonyl (C=O) groups excluding carboxylic acids is 1. The van der Waals surface area contributed by atoms with Gasteiger partial charge in [-0.25, -0.2) is 14.9 Å². The minimum absolute atomic E-state index is 0.00920. The summed E-state index contributed by atoms with van der Waals surface area (Å²) in [6.45, 7) is 0.0513. The van der Waals surface area contributed by atoms with Gasteiger partial charge in [0.25, 0.3) is 0 Å². The van der Waals surface area contributed by atoms with Crippen molar-refractivity contribution >= 4 is 29.2 Å². The lowest BCUT2D eigenvalue weighted by molar-refractivity contribution is -0.631. The molecule has 1 N–H and O–H groups in total. The Morgan fingerprint density at radius 3 is 2.46 bits per heavy atom. The summed E-state index contributed by atoms with van der Waals surface area (Å²) in [5, 5.41) is 12.1. The zero-order valence-electron chi connectivity index (χ0n) is 6.70. The van der Waals surface area contributed by atoms with E-state index in [9.17, 15) is 14.9 Å². The molecule has 0 aromatic heterocycles. The number of nitrogens with zero attached hydrogens (tertiary/aromatic N) is 2. The quantitative estimate of drug-likeness (QED) is 0.428. The molecule has 0 aliphatic rings. The highest BCUT2D eigenvalue weighted by Crippen LogP contribution is 1.91. The third-order valence-electron chi connectivity index (χ3n) is 1.10. The van der Waals surface area contributed by atoms with Crippen LogP contribution in [0.1, 0.15) is 0 Å². The molecule has 0 fully saturated rings. The molecule has 0 rings (SSSR count). The minimum Gasteiger partial charge on any atom is -0.332 e.